The van der Waals surface area contributed by atoms with E-state index in [1.165, 1.54) is 7.11 Å². The maximum absolute atomic E-state index is 12.4. The van der Waals surface area contributed by atoms with Crippen molar-refractivity contribution in [1.29, 1.82) is 5.26 Å². The fourth-order valence-corrected chi connectivity index (χ4v) is 2.98. The Labute approximate surface area is 156 Å². The minimum absolute atomic E-state index is 0.191. The third-order valence-electron chi connectivity index (χ3n) is 3.79. The molecule has 0 radical (unpaired) electrons. The lowest BCUT2D eigenvalue weighted by Gasteiger charge is -2.24. The minimum atomic E-state index is -1.05. The summed E-state index contributed by atoms with van der Waals surface area (Å²) < 4.78 is 10.5. The molecular formula is C19H17Cl2NO3. The molecule has 0 bridgehead atoms. The zero-order valence-corrected chi connectivity index (χ0v) is 15.3. The van der Waals surface area contributed by atoms with Crippen LogP contribution in [0.15, 0.2) is 42.5 Å². The molecule has 0 spiro atoms. The Hall–Kier alpha value is -2.22. The first-order chi connectivity index (χ1) is 12.0. The molecule has 0 heterocycles. The Bertz CT molecular complexity index is 801. The highest BCUT2D eigenvalue weighted by atomic mass is 35.5. The lowest BCUT2D eigenvalue weighted by Crippen LogP contribution is -2.24. The fourth-order valence-electron chi connectivity index (χ4n) is 2.68. The average molecular weight is 378 g/mol. The van der Waals surface area contributed by atoms with Crippen molar-refractivity contribution in [3.63, 3.8) is 0 Å². The molecule has 0 saturated heterocycles. The minimum Gasteiger partial charge on any atom is -0.496 e. The molecule has 0 unspecified atom stereocenters. The Balaban J connectivity index is 2.64. The molecule has 0 amide bonds. The second kappa shape index (κ2) is 8.75. The van der Waals surface area contributed by atoms with Gasteiger partial charge in [0.1, 0.15) is 5.75 Å². The summed E-state index contributed by atoms with van der Waals surface area (Å²) in [5.74, 6) is -1.67. The first-order valence-electron chi connectivity index (χ1n) is 7.67. The van der Waals surface area contributed by atoms with E-state index < -0.39 is 17.8 Å². The summed E-state index contributed by atoms with van der Waals surface area (Å²) in [5, 5.41) is 10.4. The van der Waals surface area contributed by atoms with Crippen molar-refractivity contribution in [3.8, 4) is 11.8 Å². The van der Waals surface area contributed by atoms with Gasteiger partial charge in [-0.3, -0.25) is 4.79 Å². The molecule has 6 heteroatoms. The van der Waals surface area contributed by atoms with Gasteiger partial charge in [0.2, 0.25) is 0 Å². The summed E-state index contributed by atoms with van der Waals surface area (Å²) in [4.78, 5) is 12.4. The van der Waals surface area contributed by atoms with Crippen molar-refractivity contribution >= 4 is 29.2 Å². The number of rotatable bonds is 6. The molecule has 2 aromatic rings. The zero-order chi connectivity index (χ0) is 18.4. The van der Waals surface area contributed by atoms with Crippen LogP contribution in [0.2, 0.25) is 10.0 Å². The van der Waals surface area contributed by atoms with E-state index in [9.17, 15) is 10.1 Å². The number of benzene rings is 2. The van der Waals surface area contributed by atoms with Gasteiger partial charge in [0, 0.05) is 11.5 Å². The van der Waals surface area contributed by atoms with E-state index in [1.807, 2.05) is 18.2 Å². The quantitative estimate of drug-likeness (QED) is 0.675. The largest absolute Gasteiger partial charge is 0.496 e. The Morgan fingerprint density at radius 1 is 1.20 bits per heavy atom. The van der Waals surface area contributed by atoms with Gasteiger partial charge >= 0.3 is 5.97 Å². The zero-order valence-electron chi connectivity index (χ0n) is 13.8. The van der Waals surface area contributed by atoms with Crippen LogP contribution in [0.5, 0.6) is 5.75 Å². The Morgan fingerprint density at radius 2 is 1.92 bits per heavy atom. The summed E-state index contributed by atoms with van der Waals surface area (Å²) in [6.07, 6.45) is 0. The van der Waals surface area contributed by atoms with Crippen molar-refractivity contribution in [2.75, 3.05) is 13.7 Å². The van der Waals surface area contributed by atoms with Crippen molar-refractivity contribution in [1.82, 2.24) is 0 Å². The summed E-state index contributed by atoms with van der Waals surface area (Å²) in [7, 11) is 1.54. The number of halogens is 2. The van der Waals surface area contributed by atoms with Crippen LogP contribution in [0.1, 0.15) is 24.0 Å². The van der Waals surface area contributed by atoms with Crippen LogP contribution >= 0.6 is 23.2 Å². The smallest absolute Gasteiger partial charge is 0.324 e. The average Bonchev–Trinajstić information content (AvgIpc) is 2.62. The lowest BCUT2D eigenvalue weighted by atomic mass is 9.81. The van der Waals surface area contributed by atoms with E-state index in [-0.39, 0.29) is 6.61 Å². The van der Waals surface area contributed by atoms with Gasteiger partial charge in [-0.2, -0.15) is 5.26 Å². The van der Waals surface area contributed by atoms with Crippen LogP contribution < -0.4 is 4.74 Å². The number of carbonyl (C=O) groups is 1. The van der Waals surface area contributed by atoms with Gasteiger partial charge in [-0.25, -0.2) is 0 Å². The number of nitriles is 1. The molecule has 4 nitrogen and oxygen atoms in total. The van der Waals surface area contributed by atoms with Gasteiger partial charge < -0.3 is 9.47 Å². The second-order valence-corrected chi connectivity index (χ2v) is 6.07. The van der Waals surface area contributed by atoms with Crippen molar-refractivity contribution in [2.24, 2.45) is 5.92 Å². The van der Waals surface area contributed by atoms with Gasteiger partial charge in [-0.05, 0) is 30.7 Å². The van der Waals surface area contributed by atoms with Crippen LogP contribution in [0.3, 0.4) is 0 Å². The van der Waals surface area contributed by atoms with E-state index >= 15 is 0 Å². The molecule has 25 heavy (non-hydrogen) atoms. The van der Waals surface area contributed by atoms with Crippen LogP contribution in [0.25, 0.3) is 0 Å². The molecule has 0 aliphatic heterocycles. The molecule has 0 N–H and O–H groups in total. The number of hydrogen-bond acceptors (Lipinski definition) is 4. The molecule has 130 valence electrons. The summed E-state index contributed by atoms with van der Waals surface area (Å²) >= 11 is 12.1. The first kappa shape index (κ1) is 19.1. The normalized spacial score (nSPS) is 12.8. The number of methoxy groups -OCH3 is 1. The van der Waals surface area contributed by atoms with E-state index in [0.29, 0.717) is 26.9 Å². The summed E-state index contributed by atoms with van der Waals surface area (Å²) in [6.45, 7) is 1.89. The predicted molar refractivity (Wildman–Crippen MR) is 97.0 cm³/mol. The third kappa shape index (κ3) is 4.25. The predicted octanol–water partition coefficient (Wildman–Crippen LogP) is 4.84. The third-order valence-corrected chi connectivity index (χ3v) is 4.53. The highest BCUT2D eigenvalue weighted by molar-refractivity contribution is 6.42. The highest BCUT2D eigenvalue weighted by Crippen LogP contribution is 2.39. The van der Waals surface area contributed by atoms with E-state index in [0.717, 1.165) is 0 Å². The van der Waals surface area contributed by atoms with Crippen LogP contribution in [0, 0.1) is 17.2 Å². The number of para-hydroxylation sites is 1. The van der Waals surface area contributed by atoms with Gasteiger partial charge in [0.25, 0.3) is 0 Å². The summed E-state index contributed by atoms with van der Waals surface area (Å²) in [5.41, 5.74) is 1.38. The Kier molecular flexibility index (Phi) is 6.69. The summed E-state index contributed by atoms with van der Waals surface area (Å²) in [6, 6.07) is 14.3. The van der Waals surface area contributed by atoms with Gasteiger partial charge in [0.05, 0.1) is 29.8 Å². The maximum Gasteiger partial charge on any atom is 0.324 e. The molecule has 2 atom stereocenters. The van der Waals surface area contributed by atoms with Gasteiger partial charge in [-0.1, -0.05) is 47.5 Å². The van der Waals surface area contributed by atoms with Gasteiger partial charge in [0.15, 0.2) is 5.92 Å². The number of esters is 1. The standard InChI is InChI=1S/C19H17Cl2NO3/c1-3-25-19(23)14(11-22)18(12-8-9-15(20)16(21)10-12)13-6-4-5-7-17(13)24-2/h4-10,14,18H,3H2,1-2H3/t14-,18-/m0/s1. The first-order valence-corrected chi connectivity index (χ1v) is 8.43. The topological polar surface area (TPSA) is 59.3 Å². The van der Waals surface area contributed by atoms with Gasteiger partial charge in [-0.15, -0.1) is 0 Å². The molecule has 0 fully saturated rings. The molecule has 0 saturated carbocycles. The Morgan fingerprint density at radius 3 is 2.52 bits per heavy atom. The number of carbonyl (C=O) groups excluding carboxylic acids is 1. The van der Waals surface area contributed by atoms with Crippen LogP contribution in [0.4, 0.5) is 0 Å². The fraction of sp³-hybridized carbons (Fsp3) is 0.263. The number of hydrogen-bond donors (Lipinski definition) is 0. The lowest BCUT2D eigenvalue weighted by molar-refractivity contribution is -0.146. The highest BCUT2D eigenvalue weighted by Gasteiger charge is 2.34. The van der Waals surface area contributed by atoms with E-state index in [1.54, 1.807) is 31.2 Å². The van der Waals surface area contributed by atoms with Crippen LogP contribution in [-0.2, 0) is 9.53 Å². The number of ether oxygens (including phenoxy) is 2. The molecule has 2 aromatic carbocycles. The molecule has 0 aliphatic carbocycles. The molecule has 2 rings (SSSR count). The molecule has 0 aliphatic rings. The maximum atomic E-state index is 12.4. The number of nitrogens with zero attached hydrogens (tertiary/aromatic N) is 1. The van der Waals surface area contributed by atoms with Crippen molar-refractivity contribution in [2.45, 2.75) is 12.8 Å². The molecule has 0 aromatic heterocycles. The van der Waals surface area contributed by atoms with Crippen LogP contribution in [-0.4, -0.2) is 19.7 Å². The van der Waals surface area contributed by atoms with Crippen molar-refractivity contribution in [3.05, 3.63) is 63.6 Å². The van der Waals surface area contributed by atoms with E-state index in [4.69, 9.17) is 32.7 Å². The van der Waals surface area contributed by atoms with Crippen molar-refractivity contribution < 1.29 is 14.3 Å². The SMILES string of the molecule is CCOC(=O)[C@@H](C#N)[C@@H](c1ccc(Cl)c(Cl)c1)c1ccccc1OC. The van der Waals surface area contributed by atoms with E-state index in [2.05, 4.69) is 6.07 Å². The molecular weight excluding hydrogens is 361 g/mol. The monoisotopic (exact) mass is 377 g/mol. The second-order valence-electron chi connectivity index (χ2n) is 5.25.